The van der Waals surface area contributed by atoms with Gasteiger partial charge < -0.3 is 5.73 Å². The van der Waals surface area contributed by atoms with Crippen molar-refractivity contribution in [3.05, 3.63) is 59.7 Å². The molecular weight excluding hydrogens is 304 g/mol. The predicted octanol–water partition coefficient (Wildman–Crippen LogP) is 2.81. The molecule has 0 amide bonds. The normalized spacial score (nSPS) is 11.3. The molecule has 2 aromatic carbocycles. The van der Waals surface area contributed by atoms with Gasteiger partial charge in [0.15, 0.2) is 0 Å². The minimum atomic E-state index is -3.43. The Morgan fingerprint density at radius 2 is 1.76 bits per heavy atom. The zero-order valence-electron chi connectivity index (χ0n) is 11.7. The first-order valence-corrected chi connectivity index (χ1v) is 9.32. The second kappa shape index (κ2) is 6.98. The predicted molar refractivity (Wildman–Crippen MR) is 88.8 cm³/mol. The molecule has 0 heterocycles. The fourth-order valence-electron chi connectivity index (χ4n) is 1.94. The van der Waals surface area contributed by atoms with Crippen molar-refractivity contribution in [3.63, 3.8) is 0 Å². The maximum Gasteiger partial charge on any atom is 0.236 e. The largest absolute Gasteiger partial charge is 0.326 e. The Hall–Kier alpha value is -1.50. The van der Waals surface area contributed by atoms with E-state index in [9.17, 15) is 8.42 Å². The Labute approximate surface area is 129 Å². The third-order valence-corrected chi connectivity index (χ3v) is 4.95. The first-order chi connectivity index (χ1) is 10.0. The van der Waals surface area contributed by atoms with E-state index in [2.05, 4.69) is 4.72 Å². The second-order valence-corrected chi connectivity index (χ2v) is 7.22. The van der Waals surface area contributed by atoms with Gasteiger partial charge in [-0.1, -0.05) is 24.3 Å². The van der Waals surface area contributed by atoms with Gasteiger partial charge in [0, 0.05) is 17.1 Å². The number of sulfonamides is 1. The van der Waals surface area contributed by atoms with Crippen LogP contribution in [0.3, 0.4) is 0 Å². The molecule has 0 aliphatic rings. The van der Waals surface area contributed by atoms with E-state index in [1.165, 1.54) is 0 Å². The van der Waals surface area contributed by atoms with Crippen LogP contribution in [0.4, 0.5) is 5.69 Å². The van der Waals surface area contributed by atoms with Crippen molar-refractivity contribution in [2.24, 2.45) is 5.73 Å². The van der Waals surface area contributed by atoms with Crippen molar-refractivity contribution in [2.75, 3.05) is 11.0 Å². The van der Waals surface area contributed by atoms with Gasteiger partial charge in [0.2, 0.25) is 10.0 Å². The van der Waals surface area contributed by atoms with E-state index in [0.29, 0.717) is 12.2 Å². The third-order valence-electron chi connectivity index (χ3n) is 2.95. The quantitative estimate of drug-likeness (QED) is 0.802. The highest BCUT2D eigenvalue weighted by Crippen LogP contribution is 2.19. The van der Waals surface area contributed by atoms with Crippen LogP contribution >= 0.6 is 11.8 Å². The van der Waals surface area contributed by atoms with Crippen LogP contribution in [-0.4, -0.2) is 14.7 Å². The topological polar surface area (TPSA) is 72.2 Å². The molecule has 112 valence electrons. The summed E-state index contributed by atoms with van der Waals surface area (Å²) < 4.78 is 26.9. The molecule has 0 fully saturated rings. The van der Waals surface area contributed by atoms with Crippen LogP contribution in [0.1, 0.15) is 11.1 Å². The number of benzene rings is 2. The number of nitrogens with two attached hydrogens (primary N) is 1. The van der Waals surface area contributed by atoms with Gasteiger partial charge >= 0.3 is 0 Å². The molecule has 2 rings (SSSR count). The molecule has 6 heteroatoms. The zero-order chi connectivity index (χ0) is 15.3. The van der Waals surface area contributed by atoms with Gasteiger partial charge in [0.1, 0.15) is 0 Å². The van der Waals surface area contributed by atoms with Crippen LogP contribution in [0.5, 0.6) is 0 Å². The van der Waals surface area contributed by atoms with E-state index >= 15 is 0 Å². The first kappa shape index (κ1) is 15.9. The molecule has 0 aliphatic heterocycles. The van der Waals surface area contributed by atoms with Crippen molar-refractivity contribution in [1.29, 1.82) is 0 Å². The lowest BCUT2D eigenvalue weighted by Gasteiger charge is -2.09. The van der Waals surface area contributed by atoms with Crippen LogP contribution < -0.4 is 10.5 Å². The van der Waals surface area contributed by atoms with Crippen molar-refractivity contribution < 1.29 is 8.42 Å². The van der Waals surface area contributed by atoms with E-state index in [1.807, 2.05) is 36.6 Å². The second-order valence-electron chi connectivity index (χ2n) is 4.61. The minimum Gasteiger partial charge on any atom is -0.326 e. The standard InChI is InChI=1S/C15H18N2O2S2/c1-20-15-7-5-14(6-8-15)17-21(18,19)11-13-4-2-3-12(9-13)10-16/h2-9,17H,10-11,16H2,1H3. The molecule has 0 aromatic heterocycles. The average molecular weight is 322 g/mol. The molecule has 0 aliphatic carbocycles. The van der Waals surface area contributed by atoms with E-state index < -0.39 is 10.0 Å². The minimum absolute atomic E-state index is 0.0644. The monoisotopic (exact) mass is 322 g/mol. The zero-order valence-corrected chi connectivity index (χ0v) is 13.4. The van der Waals surface area contributed by atoms with Gasteiger partial charge in [-0.15, -0.1) is 11.8 Å². The lowest BCUT2D eigenvalue weighted by atomic mass is 10.1. The SMILES string of the molecule is CSc1ccc(NS(=O)(=O)Cc2cccc(CN)c2)cc1. The van der Waals surface area contributed by atoms with Crippen molar-refractivity contribution in [2.45, 2.75) is 17.2 Å². The number of thioether (sulfide) groups is 1. The molecule has 0 bridgehead atoms. The van der Waals surface area contributed by atoms with Crippen LogP contribution in [0.15, 0.2) is 53.4 Å². The van der Waals surface area contributed by atoms with Crippen LogP contribution in [0.25, 0.3) is 0 Å². The van der Waals surface area contributed by atoms with Crippen molar-refractivity contribution >= 4 is 27.5 Å². The van der Waals surface area contributed by atoms with Gasteiger partial charge in [0.25, 0.3) is 0 Å². The molecule has 2 aromatic rings. The Bertz CT molecular complexity index is 698. The van der Waals surface area contributed by atoms with Crippen molar-refractivity contribution in [1.82, 2.24) is 0 Å². The number of nitrogens with one attached hydrogen (secondary N) is 1. The number of anilines is 1. The summed E-state index contributed by atoms with van der Waals surface area (Å²) >= 11 is 1.61. The van der Waals surface area contributed by atoms with Gasteiger partial charge in [0.05, 0.1) is 5.75 Å². The summed E-state index contributed by atoms with van der Waals surface area (Å²) in [4.78, 5) is 1.09. The van der Waals surface area contributed by atoms with Crippen molar-refractivity contribution in [3.8, 4) is 0 Å². The molecule has 0 spiro atoms. The summed E-state index contributed by atoms with van der Waals surface area (Å²) in [6, 6.07) is 14.6. The smallest absolute Gasteiger partial charge is 0.236 e. The van der Waals surface area contributed by atoms with Crippen LogP contribution in [-0.2, 0) is 22.3 Å². The Morgan fingerprint density at radius 1 is 1.10 bits per heavy atom. The van der Waals surface area contributed by atoms with Gasteiger partial charge in [-0.2, -0.15) is 0 Å². The molecule has 3 N–H and O–H groups in total. The number of rotatable bonds is 6. The van der Waals surface area contributed by atoms with Crippen LogP contribution in [0, 0.1) is 0 Å². The van der Waals surface area contributed by atoms with Gasteiger partial charge in [-0.3, -0.25) is 4.72 Å². The Morgan fingerprint density at radius 3 is 2.38 bits per heavy atom. The summed E-state index contributed by atoms with van der Waals surface area (Å²) in [7, 11) is -3.43. The molecule has 0 radical (unpaired) electrons. The van der Waals surface area contributed by atoms with E-state index in [-0.39, 0.29) is 5.75 Å². The summed E-state index contributed by atoms with van der Waals surface area (Å²) in [5, 5.41) is 0. The summed E-state index contributed by atoms with van der Waals surface area (Å²) in [6.07, 6.45) is 1.98. The molecule has 4 nitrogen and oxygen atoms in total. The lowest BCUT2D eigenvalue weighted by molar-refractivity contribution is 0.600. The van der Waals surface area contributed by atoms with Crippen LogP contribution in [0.2, 0.25) is 0 Å². The summed E-state index contributed by atoms with van der Waals surface area (Å²) in [5.41, 5.74) is 7.79. The molecule has 0 atom stereocenters. The fraction of sp³-hybridized carbons (Fsp3) is 0.200. The number of hydrogen-bond donors (Lipinski definition) is 2. The van der Waals surface area contributed by atoms with E-state index in [0.717, 1.165) is 16.0 Å². The Kier molecular flexibility index (Phi) is 5.27. The average Bonchev–Trinajstić information content (AvgIpc) is 2.47. The fourth-order valence-corrected chi connectivity index (χ4v) is 3.53. The molecule has 21 heavy (non-hydrogen) atoms. The molecule has 0 unspecified atom stereocenters. The molecule has 0 saturated heterocycles. The van der Waals surface area contributed by atoms with Gasteiger partial charge in [-0.05, 0) is 41.6 Å². The van der Waals surface area contributed by atoms with E-state index in [4.69, 9.17) is 5.73 Å². The maximum absolute atomic E-state index is 12.2. The third kappa shape index (κ3) is 4.77. The highest BCUT2D eigenvalue weighted by molar-refractivity contribution is 7.98. The summed E-state index contributed by atoms with van der Waals surface area (Å²) in [5.74, 6) is -0.0644. The Balaban J connectivity index is 2.10. The molecule has 0 saturated carbocycles. The molecular formula is C15H18N2O2S2. The maximum atomic E-state index is 12.2. The lowest BCUT2D eigenvalue weighted by Crippen LogP contribution is -2.15. The first-order valence-electron chi connectivity index (χ1n) is 6.45. The van der Waals surface area contributed by atoms with Gasteiger partial charge in [-0.25, -0.2) is 8.42 Å². The highest BCUT2D eigenvalue weighted by Gasteiger charge is 2.12. The highest BCUT2D eigenvalue weighted by atomic mass is 32.2. The number of hydrogen-bond acceptors (Lipinski definition) is 4. The summed E-state index contributed by atoms with van der Waals surface area (Å²) in [6.45, 7) is 0.400. The van der Waals surface area contributed by atoms with E-state index in [1.54, 1.807) is 30.0 Å².